The van der Waals surface area contributed by atoms with Crippen LogP contribution in [0.2, 0.25) is 0 Å². The molecule has 0 aliphatic rings. The van der Waals surface area contributed by atoms with Gasteiger partial charge in [0.2, 0.25) is 10.0 Å². The Morgan fingerprint density at radius 2 is 1.53 bits per heavy atom. The van der Waals surface area contributed by atoms with Gasteiger partial charge in [-0.25, -0.2) is 21.1 Å². The number of aromatic nitrogens is 1. The van der Waals surface area contributed by atoms with Gasteiger partial charge in [0.05, 0.1) is 15.5 Å². The number of benzene rings is 2. The Labute approximate surface area is 176 Å². The van der Waals surface area contributed by atoms with Crippen molar-refractivity contribution in [1.29, 1.82) is 0 Å². The number of rotatable bonds is 7. The second-order valence-corrected chi connectivity index (χ2v) is 10.4. The minimum atomic E-state index is -3.87. The zero-order valence-electron chi connectivity index (χ0n) is 16.4. The van der Waals surface area contributed by atoms with Crippen LogP contribution < -0.4 is 4.72 Å². The summed E-state index contributed by atoms with van der Waals surface area (Å²) in [5.41, 5.74) is 1.98. The predicted octanol–water partition coefficient (Wildman–Crippen LogP) is 3.30. The van der Waals surface area contributed by atoms with Crippen LogP contribution in [0.5, 0.6) is 0 Å². The van der Waals surface area contributed by atoms with Crippen molar-refractivity contribution >= 4 is 37.9 Å². The van der Waals surface area contributed by atoms with E-state index < -0.39 is 20.0 Å². The maximum absolute atomic E-state index is 12.7. The smallest absolute Gasteiger partial charge is 0.261 e. The molecule has 0 bridgehead atoms. The standard InChI is InChI=1S/C21H21N3O4S2/c1-24(2)30(27,28)21-13-11-20(12-14-21)29(25,26)23-19-8-5-6-17(16-19)9-10-18-7-3-4-15-22-18/h3-16,23H,1-2H3/b10-9+. The van der Waals surface area contributed by atoms with Crippen molar-refractivity contribution < 1.29 is 16.8 Å². The molecule has 7 nitrogen and oxygen atoms in total. The molecule has 0 saturated carbocycles. The van der Waals surface area contributed by atoms with E-state index in [1.165, 1.54) is 38.4 Å². The molecule has 1 aromatic heterocycles. The molecule has 3 aromatic rings. The average molecular weight is 444 g/mol. The molecule has 0 aliphatic carbocycles. The topological polar surface area (TPSA) is 96.4 Å². The third-order valence-electron chi connectivity index (χ3n) is 4.19. The molecule has 0 aliphatic heterocycles. The summed E-state index contributed by atoms with van der Waals surface area (Å²) in [4.78, 5) is 4.19. The van der Waals surface area contributed by atoms with Gasteiger partial charge in [-0.15, -0.1) is 0 Å². The third-order valence-corrected chi connectivity index (χ3v) is 7.41. The van der Waals surface area contributed by atoms with Crippen molar-refractivity contribution in [2.75, 3.05) is 18.8 Å². The van der Waals surface area contributed by atoms with Crippen LogP contribution >= 0.6 is 0 Å². The Bertz CT molecular complexity index is 1250. The van der Waals surface area contributed by atoms with Crippen molar-refractivity contribution in [3.63, 3.8) is 0 Å². The zero-order valence-corrected chi connectivity index (χ0v) is 18.1. The first-order chi connectivity index (χ1) is 14.2. The number of anilines is 1. The van der Waals surface area contributed by atoms with Crippen LogP contribution in [0.1, 0.15) is 11.3 Å². The summed E-state index contributed by atoms with van der Waals surface area (Å²) in [5.74, 6) is 0. The molecule has 0 fully saturated rings. The van der Waals surface area contributed by atoms with Crippen LogP contribution in [-0.4, -0.2) is 40.2 Å². The fourth-order valence-corrected chi connectivity index (χ4v) is 4.53. The lowest BCUT2D eigenvalue weighted by Crippen LogP contribution is -2.22. The van der Waals surface area contributed by atoms with Crippen LogP contribution in [0.15, 0.2) is 82.7 Å². The number of sulfonamides is 2. The molecule has 1 heterocycles. The van der Waals surface area contributed by atoms with Gasteiger partial charge in [0, 0.05) is 26.0 Å². The van der Waals surface area contributed by atoms with Crippen LogP contribution in [0.4, 0.5) is 5.69 Å². The van der Waals surface area contributed by atoms with Crippen LogP contribution in [0.3, 0.4) is 0 Å². The molecular formula is C21H21N3O4S2. The minimum Gasteiger partial charge on any atom is -0.280 e. The van der Waals surface area contributed by atoms with Gasteiger partial charge in [0.25, 0.3) is 10.0 Å². The largest absolute Gasteiger partial charge is 0.280 e. The first kappa shape index (κ1) is 21.7. The second kappa shape index (κ2) is 8.78. The molecule has 0 spiro atoms. The van der Waals surface area contributed by atoms with E-state index in [0.29, 0.717) is 5.69 Å². The fourth-order valence-electron chi connectivity index (χ4n) is 2.58. The molecular weight excluding hydrogens is 422 g/mol. The van der Waals surface area contributed by atoms with Gasteiger partial charge >= 0.3 is 0 Å². The second-order valence-electron chi connectivity index (χ2n) is 6.58. The number of nitrogens with zero attached hydrogens (tertiary/aromatic N) is 2. The summed E-state index contributed by atoms with van der Waals surface area (Å²) in [6, 6.07) is 17.6. The van der Waals surface area contributed by atoms with Gasteiger partial charge < -0.3 is 0 Å². The monoisotopic (exact) mass is 443 g/mol. The van der Waals surface area contributed by atoms with Gasteiger partial charge in [-0.1, -0.05) is 24.3 Å². The zero-order chi connectivity index (χ0) is 21.8. The summed E-state index contributed by atoms with van der Waals surface area (Å²) in [6.07, 6.45) is 5.36. The highest BCUT2D eigenvalue weighted by molar-refractivity contribution is 7.92. The van der Waals surface area contributed by atoms with E-state index in [1.807, 2.05) is 36.4 Å². The van der Waals surface area contributed by atoms with Gasteiger partial charge in [0.1, 0.15) is 0 Å². The number of nitrogens with one attached hydrogen (secondary N) is 1. The molecule has 2 aromatic carbocycles. The molecule has 0 unspecified atom stereocenters. The maximum atomic E-state index is 12.7. The van der Waals surface area contributed by atoms with Gasteiger partial charge in [-0.2, -0.15) is 0 Å². The summed E-state index contributed by atoms with van der Waals surface area (Å²) >= 11 is 0. The summed E-state index contributed by atoms with van der Waals surface area (Å²) < 4.78 is 53.2. The fraction of sp³-hybridized carbons (Fsp3) is 0.0952. The maximum Gasteiger partial charge on any atom is 0.261 e. The lowest BCUT2D eigenvalue weighted by atomic mass is 10.2. The van der Waals surface area contributed by atoms with Crippen LogP contribution in [0.25, 0.3) is 12.2 Å². The summed E-state index contributed by atoms with van der Waals surface area (Å²) in [5, 5.41) is 0. The van der Waals surface area contributed by atoms with Gasteiger partial charge in [-0.3, -0.25) is 9.71 Å². The van der Waals surface area contributed by atoms with E-state index in [1.54, 1.807) is 24.4 Å². The van der Waals surface area contributed by atoms with Crippen LogP contribution in [0, 0.1) is 0 Å². The molecule has 0 saturated heterocycles. The Morgan fingerprint density at radius 1 is 0.833 bits per heavy atom. The highest BCUT2D eigenvalue weighted by Crippen LogP contribution is 2.21. The van der Waals surface area contributed by atoms with E-state index >= 15 is 0 Å². The Kier molecular flexibility index (Phi) is 6.35. The number of hydrogen-bond donors (Lipinski definition) is 1. The quantitative estimate of drug-likeness (QED) is 0.604. The first-order valence-electron chi connectivity index (χ1n) is 8.93. The molecule has 156 valence electrons. The molecule has 0 atom stereocenters. The van der Waals surface area contributed by atoms with E-state index in [9.17, 15) is 16.8 Å². The molecule has 0 amide bonds. The molecule has 0 radical (unpaired) electrons. The summed E-state index contributed by atoms with van der Waals surface area (Å²) in [6.45, 7) is 0. The van der Waals surface area contributed by atoms with Crippen molar-refractivity contribution in [2.24, 2.45) is 0 Å². The first-order valence-corrected chi connectivity index (χ1v) is 11.9. The average Bonchev–Trinajstić information content (AvgIpc) is 2.73. The van der Waals surface area contributed by atoms with Crippen LogP contribution in [-0.2, 0) is 20.0 Å². The number of pyridine rings is 1. The lowest BCUT2D eigenvalue weighted by molar-refractivity contribution is 0.520. The minimum absolute atomic E-state index is 0.0214. The Hall–Kier alpha value is -3.01. The normalized spacial score (nSPS) is 12.4. The molecule has 3 rings (SSSR count). The van der Waals surface area contributed by atoms with E-state index in [-0.39, 0.29) is 9.79 Å². The Balaban J connectivity index is 1.79. The van der Waals surface area contributed by atoms with E-state index in [4.69, 9.17) is 0 Å². The highest BCUT2D eigenvalue weighted by atomic mass is 32.2. The molecule has 30 heavy (non-hydrogen) atoms. The molecule has 9 heteroatoms. The third kappa shape index (κ3) is 5.12. The van der Waals surface area contributed by atoms with E-state index in [0.717, 1.165) is 15.6 Å². The van der Waals surface area contributed by atoms with Crippen molar-refractivity contribution in [3.05, 3.63) is 84.2 Å². The SMILES string of the molecule is CN(C)S(=O)(=O)c1ccc(S(=O)(=O)Nc2cccc(/C=C/c3ccccn3)c2)cc1. The highest BCUT2D eigenvalue weighted by Gasteiger charge is 2.19. The van der Waals surface area contributed by atoms with Crippen molar-refractivity contribution in [2.45, 2.75) is 9.79 Å². The van der Waals surface area contributed by atoms with Gasteiger partial charge in [-0.05, 0) is 60.2 Å². The van der Waals surface area contributed by atoms with Crippen molar-refractivity contribution in [1.82, 2.24) is 9.29 Å². The predicted molar refractivity (Wildman–Crippen MR) is 118 cm³/mol. The van der Waals surface area contributed by atoms with Gasteiger partial charge in [0.15, 0.2) is 0 Å². The summed E-state index contributed by atoms with van der Waals surface area (Å²) in [7, 11) is -4.68. The number of hydrogen-bond acceptors (Lipinski definition) is 5. The van der Waals surface area contributed by atoms with E-state index in [2.05, 4.69) is 9.71 Å². The lowest BCUT2D eigenvalue weighted by Gasteiger charge is -2.12. The van der Waals surface area contributed by atoms with Crippen molar-refractivity contribution in [3.8, 4) is 0 Å². The Morgan fingerprint density at radius 3 is 2.17 bits per heavy atom. The molecule has 1 N–H and O–H groups in total.